The minimum absolute atomic E-state index is 0.716. The van der Waals surface area contributed by atoms with Crippen molar-refractivity contribution in [3.63, 3.8) is 0 Å². The average Bonchev–Trinajstić information content (AvgIpc) is 2.67. The van der Waals surface area contributed by atoms with Crippen LogP contribution < -0.4 is 10.8 Å². The van der Waals surface area contributed by atoms with E-state index in [9.17, 15) is 0 Å². The number of halogens is 2. The second-order valence-corrected chi connectivity index (χ2v) is 8.14. The molecule has 2 aromatic heterocycles. The predicted octanol–water partition coefficient (Wildman–Crippen LogP) is 5.52. The van der Waals surface area contributed by atoms with Gasteiger partial charge in [0.1, 0.15) is 0 Å². The molecule has 2 aromatic carbocycles. The van der Waals surface area contributed by atoms with Crippen LogP contribution in [0.1, 0.15) is 0 Å². The van der Waals surface area contributed by atoms with E-state index in [0.29, 0.717) is 5.82 Å². The third kappa shape index (κ3) is 3.90. The second-order valence-electron chi connectivity index (χ2n) is 5.65. The molecular formula is C20H14I2N4. The van der Waals surface area contributed by atoms with Gasteiger partial charge in [-0.15, -0.1) is 0 Å². The van der Waals surface area contributed by atoms with Crippen molar-refractivity contribution >= 4 is 67.9 Å². The number of benzene rings is 2. The maximum atomic E-state index is 4.86. The van der Waals surface area contributed by atoms with Crippen molar-refractivity contribution in [2.75, 3.05) is 5.32 Å². The summed E-state index contributed by atoms with van der Waals surface area (Å²) in [6.45, 7) is 0. The summed E-state index contributed by atoms with van der Waals surface area (Å²) in [5.41, 5.74) is 3.63. The first kappa shape index (κ1) is 17.5. The van der Waals surface area contributed by atoms with E-state index in [1.54, 1.807) is 0 Å². The van der Waals surface area contributed by atoms with E-state index in [4.69, 9.17) is 4.99 Å². The van der Waals surface area contributed by atoms with E-state index >= 15 is 0 Å². The van der Waals surface area contributed by atoms with Gasteiger partial charge in [-0.2, -0.15) is 0 Å². The van der Waals surface area contributed by atoms with Gasteiger partial charge in [0.2, 0.25) is 0 Å². The van der Waals surface area contributed by atoms with E-state index in [1.165, 1.54) is 7.14 Å². The Labute approximate surface area is 178 Å². The fourth-order valence-electron chi connectivity index (χ4n) is 2.56. The van der Waals surface area contributed by atoms with Crippen molar-refractivity contribution in [3.8, 4) is 0 Å². The molecule has 0 bridgehead atoms. The Morgan fingerprint density at radius 3 is 2.27 bits per heavy atom. The lowest BCUT2D eigenvalue weighted by Gasteiger charge is -2.10. The van der Waals surface area contributed by atoms with E-state index in [-0.39, 0.29) is 0 Å². The van der Waals surface area contributed by atoms with Gasteiger partial charge in [0.25, 0.3) is 0 Å². The Balaban J connectivity index is 1.89. The topological polar surface area (TPSA) is 41.7 Å². The summed E-state index contributed by atoms with van der Waals surface area (Å²) in [7, 11) is 0. The number of hydrogen-bond acceptors (Lipinski definition) is 3. The lowest BCUT2D eigenvalue weighted by Crippen LogP contribution is -2.20. The third-order valence-corrected chi connectivity index (χ3v) is 5.26. The largest absolute Gasteiger partial charge is 0.337 e. The smallest absolute Gasteiger partial charge is 0.181 e. The number of aromatic nitrogens is 2. The molecular weight excluding hydrogens is 550 g/mol. The van der Waals surface area contributed by atoms with E-state index in [1.807, 2.05) is 59.3 Å². The molecule has 0 spiro atoms. The molecule has 0 aliphatic carbocycles. The quantitative estimate of drug-likeness (QED) is 0.334. The maximum Gasteiger partial charge on any atom is 0.181 e. The van der Waals surface area contributed by atoms with Crippen LogP contribution in [0, 0.1) is 7.14 Å². The molecule has 0 atom stereocenters. The van der Waals surface area contributed by atoms with Crippen LogP contribution in [0.2, 0.25) is 0 Å². The van der Waals surface area contributed by atoms with Crippen LogP contribution in [0.4, 0.5) is 17.2 Å². The first-order valence-corrected chi connectivity index (χ1v) is 10.1. The van der Waals surface area contributed by atoms with Crippen LogP contribution in [0.15, 0.2) is 84.1 Å². The SMILES string of the molecule is Ic1ccc(N=c2c(Nc3ccc(I)cc3)ncc3ccccn23)cc1. The molecule has 26 heavy (non-hydrogen) atoms. The van der Waals surface area contributed by atoms with E-state index in [0.717, 1.165) is 22.4 Å². The highest BCUT2D eigenvalue weighted by Gasteiger charge is 2.05. The standard InChI is InChI=1S/C20H14I2N4/c21-14-4-8-16(9-5-14)24-19-20(25-17-10-6-15(22)7-11-17)26-12-2-1-3-18(26)13-23-19/h1-13H,(H,23,24). The van der Waals surface area contributed by atoms with Crippen LogP contribution >= 0.6 is 45.2 Å². The van der Waals surface area contributed by atoms with Gasteiger partial charge in [-0.25, -0.2) is 9.98 Å². The average molecular weight is 564 g/mol. The fraction of sp³-hybridized carbons (Fsp3) is 0. The number of nitrogens with zero attached hydrogens (tertiary/aromatic N) is 3. The predicted molar refractivity (Wildman–Crippen MR) is 122 cm³/mol. The summed E-state index contributed by atoms with van der Waals surface area (Å²) < 4.78 is 4.42. The Morgan fingerprint density at radius 1 is 0.846 bits per heavy atom. The van der Waals surface area contributed by atoms with Crippen molar-refractivity contribution in [2.24, 2.45) is 4.99 Å². The zero-order chi connectivity index (χ0) is 17.9. The zero-order valence-corrected chi connectivity index (χ0v) is 17.9. The minimum Gasteiger partial charge on any atom is -0.337 e. The lowest BCUT2D eigenvalue weighted by molar-refractivity contribution is 1.01. The summed E-state index contributed by atoms with van der Waals surface area (Å²) in [5.74, 6) is 0.716. The second kappa shape index (κ2) is 7.75. The molecule has 6 heteroatoms. The van der Waals surface area contributed by atoms with Crippen molar-refractivity contribution in [1.82, 2.24) is 9.38 Å². The number of pyridine rings is 1. The maximum absolute atomic E-state index is 4.86. The van der Waals surface area contributed by atoms with Gasteiger partial charge in [-0.3, -0.25) is 4.40 Å². The van der Waals surface area contributed by atoms with E-state index in [2.05, 4.69) is 79.7 Å². The summed E-state index contributed by atoms with van der Waals surface area (Å²) in [5, 5.41) is 3.39. The van der Waals surface area contributed by atoms with Crippen LogP contribution in [0.5, 0.6) is 0 Å². The van der Waals surface area contributed by atoms with Gasteiger partial charge < -0.3 is 5.32 Å². The van der Waals surface area contributed by atoms with Gasteiger partial charge in [0, 0.05) is 19.0 Å². The van der Waals surface area contributed by atoms with Crippen molar-refractivity contribution in [1.29, 1.82) is 0 Å². The highest BCUT2D eigenvalue weighted by molar-refractivity contribution is 14.1. The number of fused-ring (bicyclic) bond motifs is 1. The van der Waals surface area contributed by atoms with Crippen molar-refractivity contribution < 1.29 is 0 Å². The molecule has 4 aromatic rings. The highest BCUT2D eigenvalue weighted by Crippen LogP contribution is 2.17. The first-order chi connectivity index (χ1) is 12.7. The third-order valence-electron chi connectivity index (χ3n) is 3.83. The Kier molecular flexibility index (Phi) is 5.21. The van der Waals surface area contributed by atoms with Crippen LogP contribution in [0.25, 0.3) is 5.52 Å². The van der Waals surface area contributed by atoms with Crippen LogP contribution in [-0.4, -0.2) is 9.38 Å². The summed E-state index contributed by atoms with van der Waals surface area (Å²) >= 11 is 4.59. The molecule has 4 nitrogen and oxygen atoms in total. The lowest BCUT2D eigenvalue weighted by atomic mass is 10.3. The zero-order valence-electron chi connectivity index (χ0n) is 13.6. The molecule has 0 aliphatic heterocycles. The number of rotatable bonds is 3. The molecule has 0 amide bonds. The van der Waals surface area contributed by atoms with Crippen molar-refractivity contribution in [2.45, 2.75) is 0 Å². The molecule has 1 N–H and O–H groups in total. The number of nitrogens with one attached hydrogen (secondary N) is 1. The van der Waals surface area contributed by atoms with E-state index < -0.39 is 0 Å². The fourth-order valence-corrected chi connectivity index (χ4v) is 3.28. The summed E-state index contributed by atoms with van der Waals surface area (Å²) in [6, 6.07) is 22.3. The van der Waals surface area contributed by atoms with Crippen molar-refractivity contribution in [3.05, 3.63) is 91.8 Å². The molecule has 0 fully saturated rings. The van der Waals surface area contributed by atoms with Gasteiger partial charge in [-0.1, -0.05) is 6.07 Å². The number of hydrogen-bond donors (Lipinski definition) is 1. The molecule has 128 valence electrons. The Morgan fingerprint density at radius 2 is 1.54 bits per heavy atom. The summed E-state index contributed by atoms with van der Waals surface area (Å²) in [6.07, 6.45) is 3.85. The molecule has 0 saturated carbocycles. The Bertz CT molecular complexity index is 1120. The molecule has 0 aliphatic rings. The molecule has 4 rings (SSSR count). The normalized spacial score (nSPS) is 11.7. The minimum atomic E-state index is 0.716. The summed E-state index contributed by atoms with van der Waals surface area (Å²) in [4.78, 5) is 9.47. The monoisotopic (exact) mass is 564 g/mol. The Hall–Kier alpha value is -1.94. The van der Waals surface area contributed by atoms with Crippen LogP contribution in [-0.2, 0) is 0 Å². The van der Waals surface area contributed by atoms with Gasteiger partial charge >= 0.3 is 0 Å². The highest BCUT2D eigenvalue weighted by atomic mass is 127. The molecule has 0 radical (unpaired) electrons. The first-order valence-electron chi connectivity index (χ1n) is 7.98. The van der Waals surface area contributed by atoms with Gasteiger partial charge in [0.05, 0.1) is 17.4 Å². The molecule has 0 saturated heterocycles. The van der Waals surface area contributed by atoms with Crippen LogP contribution in [0.3, 0.4) is 0 Å². The van der Waals surface area contributed by atoms with Gasteiger partial charge in [0.15, 0.2) is 11.3 Å². The number of anilines is 2. The molecule has 2 heterocycles. The van der Waals surface area contributed by atoms with Gasteiger partial charge in [-0.05, 0) is 106 Å². The molecule has 0 unspecified atom stereocenters.